The molecule has 0 fully saturated rings. The number of nitrogens with one attached hydrogen (secondary N) is 3. The summed E-state index contributed by atoms with van der Waals surface area (Å²) in [6.45, 7) is 0.341. The Morgan fingerprint density at radius 2 is 2.27 bits per heavy atom. The molecule has 0 radical (unpaired) electrons. The van der Waals surface area contributed by atoms with E-state index < -0.39 is 0 Å². The maximum absolute atomic E-state index is 11.8. The number of carbonyl (C=O) groups is 1. The van der Waals surface area contributed by atoms with Gasteiger partial charge in [0.2, 0.25) is 0 Å². The first-order chi connectivity index (χ1) is 10.5. The van der Waals surface area contributed by atoms with Crippen molar-refractivity contribution in [1.82, 2.24) is 20.1 Å². The van der Waals surface area contributed by atoms with E-state index in [1.165, 1.54) is 11.7 Å². The van der Waals surface area contributed by atoms with E-state index in [-0.39, 0.29) is 11.7 Å². The lowest BCUT2D eigenvalue weighted by Crippen LogP contribution is -2.31. The zero-order valence-corrected chi connectivity index (χ0v) is 12.9. The van der Waals surface area contributed by atoms with Crippen LogP contribution in [0.2, 0.25) is 5.02 Å². The van der Waals surface area contributed by atoms with Crippen molar-refractivity contribution in [3.05, 3.63) is 39.5 Å². The standard InChI is InChI=1S/C13H16ClN5O3/c1-19-11(17-18-13(19)21)5-6-15-12(20)16-8-3-4-10(22-2)9(14)7-8/h3-4,7H,5-6H2,1-2H3,(H,18,21)(H2,15,16,20). The molecule has 0 atom stereocenters. The van der Waals surface area contributed by atoms with Gasteiger partial charge in [-0.15, -0.1) is 0 Å². The molecule has 0 bridgehead atoms. The first-order valence-electron chi connectivity index (χ1n) is 6.50. The number of carbonyl (C=O) groups excluding carboxylic acids is 1. The molecule has 1 aromatic heterocycles. The minimum atomic E-state index is -0.373. The van der Waals surface area contributed by atoms with Gasteiger partial charge in [-0.2, -0.15) is 5.10 Å². The third-order valence-electron chi connectivity index (χ3n) is 3.02. The summed E-state index contributed by atoms with van der Waals surface area (Å²) in [6, 6.07) is 4.57. The van der Waals surface area contributed by atoms with Crippen LogP contribution in [0.15, 0.2) is 23.0 Å². The van der Waals surface area contributed by atoms with Crippen molar-refractivity contribution in [1.29, 1.82) is 0 Å². The first kappa shape index (κ1) is 15.9. The molecule has 22 heavy (non-hydrogen) atoms. The van der Waals surface area contributed by atoms with Crippen molar-refractivity contribution < 1.29 is 9.53 Å². The van der Waals surface area contributed by atoms with Crippen molar-refractivity contribution >= 4 is 23.3 Å². The van der Waals surface area contributed by atoms with E-state index in [4.69, 9.17) is 16.3 Å². The monoisotopic (exact) mass is 325 g/mol. The third kappa shape index (κ3) is 3.79. The normalized spacial score (nSPS) is 10.3. The highest BCUT2D eigenvalue weighted by molar-refractivity contribution is 6.32. The molecule has 2 amide bonds. The van der Waals surface area contributed by atoms with Crippen LogP contribution in [0, 0.1) is 0 Å². The fourth-order valence-corrected chi connectivity index (χ4v) is 2.07. The molecule has 0 aliphatic heterocycles. The van der Waals surface area contributed by atoms with Crippen LogP contribution in [-0.2, 0) is 13.5 Å². The summed E-state index contributed by atoms with van der Waals surface area (Å²) in [7, 11) is 3.13. The van der Waals surface area contributed by atoms with Crippen LogP contribution in [0.25, 0.3) is 0 Å². The van der Waals surface area contributed by atoms with Crippen molar-refractivity contribution in [2.75, 3.05) is 19.0 Å². The molecule has 1 aromatic carbocycles. The number of ether oxygens (including phenoxy) is 1. The number of methoxy groups -OCH3 is 1. The van der Waals surface area contributed by atoms with Gasteiger partial charge in [0, 0.05) is 25.7 Å². The number of urea groups is 1. The average Bonchev–Trinajstić information content (AvgIpc) is 2.79. The Bertz CT molecular complexity index is 725. The molecule has 2 rings (SSSR count). The Balaban J connectivity index is 1.84. The Morgan fingerprint density at radius 3 is 2.86 bits per heavy atom. The van der Waals surface area contributed by atoms with Gasteiger partial charge in [-0.05, 0) is 18.2 Å². The fraction of sp³-hybridized carbons (Fsp3) is 0.308. The van der Waals surface area contributed by atoms with Crippen molar-refractivity contribution in [2.24, 2.45) is 7.05 Å². The molecule has 118 valence electrons. The second-order valence-corrected chi connectivity index (χ2v) is 4.89. The van der Waals surface area contributed by atoms with E-state index in [1.807, 2.05) is 0 Å². The molecule has 0 spiro atoms. The number of hydrogen-bond acceptors (Lipinski definition) is 4. The Labute approximate surface area is 131 Å². The zero-order chi connectivity index (χ0) is 16.1. The first-order valence-corrected chi connectivity index (χ1v) is 6.87. The van der Waals surface area contributed by atoms with Crippen LogP contribution in [-0.4, -0.2) is 34.5 Å². The topological polar surface area (TPSA) is 101 Å². The van der Waals surface area contributed by atoms with Gasteiger partial charge in [0.1, 0.15) is 11.6 Å². The minimum absolute atomic E-state index is 0.285. The highest BCUT2D eigenvalue weighted by Gasteiger charge is 2.07. The number of H-pyrrole nitrogens is 1. The van der Waals surface area contributed by atoms with Gasteiger partial charge in [-0.25, -0.2) is 14.7 Å². The van der Waals surface area contributed by atoms with Gasteiger partial charge < -0.3 is 15.4 Å². The molecular weight excluding hydrogens is 310 g/mol. The number of hydrogen-bond donors (Lipinski definition) is 3. The molecule has 0 saturated carbocycles. The number of rotatable bonds is 5. The van der Waals surface area contributed by atoms with E-state index in [1.54, 1.807) is 25.2 Å². The van der Waals surface area contributed by atoms with Crippen LogP contribution < -0.4 is 21.1 Å². The highest BCUT2D eigenvalue weighted by atomic mass is 35.5. The number of benzene rings is 1. The van der Waals surface area contributed by atoms with Crippen LogP contribution >= 0.6 is 11.6 Å². The van der Waals surface area contributed by atoms with Crippen molar-refractivity contribution in [3.8, 4) is 5.75 Å². The summed E-state index contributed by atoms with van der Waals surface area (Å²) in [5.74, 6) is 1.10. The molecule has 2 aromatic rings. The van der Waals surface area contributed by atoms with Gasteiger partial charge in [-0.3, -0.25) is 4.57 Å². The number of aromatic amines is 1. The Morgan fingerprint density at radius 1 is 1.50 bits per heavy atom. The maximum Gasteiger partial charge on any atom is 0.343 e. The van der Waals surface area contributed by atoms with Gasteiger partial charge in [0.05, 0.1) is 12.1 Å². The van der Waals surface area contributed by atoms with Crippen molar-refractivity contribution in [2.45, 2.75) is 6.42 Å². The average molecular weight is 326 g/mol. The van der Waals surface area contributed by atoms with E-state index >= 15 is 0 Å². The van der Waals surface area contributed by atoms with Crippen LogP contribution in [0.5, 0.6) is 5.75 Å². The quantitative estimate of drug-likeness (QED) is 0.767. The van der Waals surface area contributed by atoms with Crippen molar-refractivity contribution in [3.63, 3.8) is 0 Å². The Hall–Kier alpha value is -2.48. The van der Waals surface area contributed by atoms with Crippen LogP contribution in [0.4, 0.5) is 10.5 Å². The third-order valence-corrected chi connectivity index (χ3v) is 3.31. The molecule has 3 N–H and O–H groups in total. The number of nitrogens with zero attached hydrogens (tertiary/aromatic N) is 2. The lowest BCUT2D eigenvalue weighted by Gasteiger charge is -2.09. The number of halogens is 1. The molecule has 8 nitrogen and oxygen atoms in total. The summed E-state index contributed by atoms with van der Waals surface area (Å²) < 4.78 is 6.43. The summed E-state index contributed by atoms with van der Waals surface area (Å²) in [6.07, 6.45) is 0.437. The summed E-state index contributed by atoms with van der Waals surface area (Å²) >= 11 is 5.98. The maximum atomic E-state index is 11.8. The van der Waals surface area contributed by atoms with Gasteiger partial charge in [0.15, 0.2) is 0 Å². The lowest BCUT2D eigenvalue weighted by atomic mass is 10.3. The second-order valence-electron chi connectivity index (χ2n) is 4.48. The second kappa shape index (κ2) is 6.99. The van der Waals surface area contributed by atoms with Crippen LogP contribution in [0.1, 0.15) is 5.82 Å². The van der Waals surface area contributed by atoms with Crippen LogP contribution in [0.3, 0.4) is 0 Å². The molecular formula is C13H16ClN5O3. The molecule has 9 heteroatoms. The minimum Gasteiger partial charge on any atom is -0.495 e. The molecule has 0 saturated heterocycles. The number of anilines is 1. The largest absolute Gasteiger partial charge is 0.495 e. The SMILES string of the molecule is COc1ccc(NC(=O)NCCc2n[nH]c(=O)n2C)cc1Cl. The van der Waals surface area contributed by atoms with Gasteiger partial charge in [-0.1, -0.05) is 11.6 Å². The number of amides is 2. The molecule has 0 aliphatic rings. The van der Waals surface area contributed by atoms with E-state index in [0.717, 1.165) is 0 Å². The molecule has 0 unspecified atom stereocenters. The van der Waals surface area contributed by atoms with Gasteiger partial charge in [0.25, 0.3) is 0 Å². The predicted octanol–water partition coefficient (Wildman–Crippen LogP) is 1.13. The van der Waals surface area contributed by atoms with E-state index in [9.17, 15) is 9.59 Å². The Kier molecular flexibility index (Phi) is 5.05. The van der Waals surface area contributed by atoms with E-state index in [2.05, 4.69) is 20.8 Å². The summed E-state index contributed by atoms with van der Waals surface area (Å²) in [5.41, 5.74) is 0.266. The zero-order valence-electron chi connectivity index (χ0n) is 12.1. The smallest absolute Gasteiger partial charge is 0.343 e. The lowest BCUT2D eigenvalue weighted by molar-refractivity contribution is 0.252. The summed E-state index contributed by atoms with van der Waals surface area (Å²) in [5, 5.41) is 11.9. The molecule has 0 aliphatic carbocycles. The fourth-order valence-electron chi connectivity index (χ4n) is 1.81. The summed E-state index contributed by atoms with van der Waals surface area (Å²) in [4.78, 5) is 22.9. The number of aromatic nitrogens is 3. The van der Waals surface area contributed by atoms with E-state index in [0.29, 0.717) is 35.2 Å². The highest BCUT2D eigenvalue weighted by Crippen LogP contribution is 2.26. The van der Waals surface area contributed by atoms with Gasteiger partial charge >= 0.3 is 11.7 Å². The predicted molar refractivity (Wildman–Crippen MR) is 82.6 cm³/mol. The molecule has 1 heterocycles.